The van der Waals surface area contributed by atoms with Gasteiger partial charge < -0.3 is 10.6 Å². The van der Waals surface area contributed by atoms with Crippen molar-refractivity contribution in [3.05, 3.63) is 0 Å². The molecule has 136 valence electrons. The predicted octanol–water partition coefficient (Wildman–Crippen LogP) is 3.68. The molecule has 4 bridgehead atoms. The number of carbonyl (C=O) groups excluding carboxylic acids is 1. The lowest BCUT2D eigenvalue weighted by Crippen LogP contribution is -2.60. The highest BCUT2D eigenvalue weighted by atomic mass is 32.2. The van der Waals surface area contributed by atoms with Gasteiger partial charge in [0.05, 0.1) is 5.25 Å². The van der Waals surface area contributed by atoms with Crippen LogP contribution in [-0.4, -0.2) is 32.9 Å². The van der Waals surface area contributed by atoms with Gasteiger partial charge >= 0.3 is 0 Å². The zero-order chi connectivity index (χ0) is 17.0. The largest absolute Gasteiger partial charge is 0.357 e. The van der Waals surface area contributed by atoms with Crippen LogP contribution < -0.4 is 10.6 Å². The summed E-state index contributed by atoms with van der Waals surface area (Å²) in [4.78, 5) is 12.8. The summed E-state index contributed by atoms with van der Waals surface area (Å²) >= 11 is 3.11. The van der Waals surface area contributed by atoms with Crippen LogP contribution in [0.5, 0.6) is 0 Å². The summed E-state index contributed by atoms with van der Waals surface area (Å²) in [7, 11) is 0. The van der Waals surface area contributed by atoms with Crippen LogP contribution in [0.25, 0.3) is 0 Å². The fraction of sp³-hybridized carbons (Fsp3) is 0.833. The van der Waals surface area contributed by atoms with Crippen molar-refractivity contribution in [2.24, 2.45) is 17.8 Å². The zero-order valence-corrected chi connectivity index (χ0v) is 16.3. The molecule has 5 fully saturated rings. The first-order chi connectivity index (χ1) is 12.1. The summed E-state index contributed by atoms with van der Waals surface area (Å²) in [5.41, 5.74) is 0.0977. The number of carbonyl (C=O) groups is 1. The maximum atomic E-state index is 12.8. The van der Waals surface area contributed by atoms with E-state index in [0.717, 1.165) is 27.2 Å². The van der Waals surface area contributed by atoms with Crippen LogP contribution in [0.3, 0.4) is 0 Å². The fourth-order valence-electron chi connectivity index (χ4n) is 5.55. The SMILES string of the molecule is C[C@@H](Sc1nnc(NC2CC2)s1)C(=O)NC12CC3CC(CC(C3)C1)C2. The van der Waals surface area contributed by atoms with Crippen molar-refractivity contribution in [1.82, 2.24) is 15.5 Å². The van der Waals surface area contributed by atoms with Gasteiger partial charge in [-0.25, -0.2) is 0 Å². The Morgan fingerprint density at radius 3 is 2.40 bits per heavy atom. The molecule has 5 saturated carbocycles. The second-order valence-electron chi connectivity index (χ2n) is 8.74. The minimum absolute atomic E-state index is 0.0977. The Balaban J connectivity index is 1.20. The average molecular weight is 379 g/mol. The van der Waals surface area contributed by atoms with E-state index in [9.17, 15) is 4.79 Å². The van der Waals surface area contributed by atoms with Crippen molar-refractivity contribution >= 4 is 34.1 Å². The molecule has 5 aliphatic carbocycles. The molecule has 25 heavy (non-hydrogen) atoms. The minimum atomic E-state index is -0.116. The second kappa shape index (κ2) is 6.12. The molecule has 0 radical (unpaired) electrons. The number of anilines is 1. The Hall–Kier alpha value is -0.820. The van der Waals surface area contributed by atoms with E-state index in [1.54, 1.807) is 23.1 Å². The smallest absolute Gasteiger partial charge is 0.233 e. The topological polar surface area (TPSA) is 66.9 Å². The Morgan fingerprint density at radius 1 is 1.16 bits per heavy atom. The zero-order valence-electron chi connectivity index (χ0n) is 14.7. The lowest BCUT2D eigenvalue weighted by Gasteiger charge is -2.57. The van der Waals surface area contributed by atoms with Crippen molar-refractivity contribution < 1.29 is 4.79 Å². The standard InChI is InChI=1S/C18H26N4OS2/c1-10(24-17-22-21-16(25-17)19-14-2-3-14)15(23)20-18-7-11-4-12(8-18)6-13(5-11)9-18/h10-14H,2-9H2,1H3,(H,19,21)(H,20,23)/t10-,11?,12?,13?,18?/m1/s1. The van der Waals surface area contributed by atoms with E-state index in [1.165, 1.54) is 51.4 Å². The molecule has 0 spiro atoms. The van der Waals surface area contributed by atoms with Gasteiger partial charge in [0.2, 0.25) is 11.0 Å². The molecule has 5 aliphatic rings. The molecule has 1 aromatic heterocycles. The maximum absolute atomic E-state index is 12.8. The molecule has 0 unspecified atom stereocenters. The van der Waals surface area contributed by atoms with Gasteiger partial charge in [0.15, 0.2) is 4.34 Å². The first-order valence-electron chi connectivity index (χ1n) is 9.66. The molecule has 0 aliphatic heterocycles. The second-order valence-corrected chi connectivity index (χ2v) is 11.3. The van der Waals surface area contributed by atoms with Crippen LogP contribution in [0, 0.1) is 17.8 Å². The van der Waals surface area contributed by atoms with Gasteiger partial charge in [-0.1, -0.05) is 23.1 Å². The quantitative estimate of drug-likeness (QED) is 0.739. The molecular weight excluding hydrogens is 352 g/mol. The van der Waals surface area contributed by atoms with Gasteiger partial charge in [-0.3, -0.25) is 4.79 Å². The van der Waals surface area contributed by atoms with Gasteiger partial charge in [0.25, 0.3) is 0 Å². The fourth-order valence-corrected chi connectivity index (χ4v) is 7.52. The van der Waals surface area contributed by atoms with Crippen molar-refractivity contribution in [2.75, 3.05) is 5.32 Å². The normalized spacial score (nSPS) is 37.1. The number of rotatable bonds is 6. The van der Waals surface area contributed by atoms with Gasteiger partial charge in [0.1, 0.15) is 0 Å². The number of hydrogen-bond donors (Lipinski definition) is 2. The third-order valence-electron chi connectivity index (χ3n) is 6.38. The van der Waals surface area contributed by atoms with Crippen LogP contribution >= 0.6 is 23.1 Å². The van der Waals surface area contributed by atoms with Crippen LogP contribution in [0.4, 0.5) is 5.13 Å². The number of thioether (sulfide) groups is 1. The molecule has 7 heteroatoms. The monoisotopic (exact) mass is 378 g/mol. The molecule has 6 rings (SSSR count). The molecule has 0 aromatic carbocycles. The van der Waals surface area contributed by atoms with Crippen molar-refractivity contribution in [3.8, 4) is 0 Å². The molecule has 1 heterocycles. The van der Waals surface area contributed by atoms with E-state index in [-0.39, 0.29) is 16.7 Å². The highest BCUT2D eigenvalue weighted by molar-refractivity contribution is 8.02. The Bertz CT molecular complexity index is 637. The summed E-state index contributed by atoms with van der Waals surface area (Å²) < 4.78 is 0.885. The molecule has 5 nitrogen and oxygen atoms in total. The molecule has 0 saturated heterocycles. The third kappa shape index (κ3) is 3.42. The number of nitrogens with zero attached hydrogens (tertiary/aromatic N) is 2. The first-order valence-corrected chi connectivity index (χ1v) is 11.4. The van der Waals surface area contributed by atoms with Crippen molar-refractivity contribution in [2.45, 2.75) is 79.5 Å². The van der Waals surface area contributed by atoms with Crippen LogP contribution in [-0.2, 0) is 4.79 Å². The van der Waals surface area contributed by atoms with Crippen LogP contribution in [0.2, 0.25) is 0 Å². The van der Waals surface area contributed by atoms with E-state index in [1.807, 2.05) is 6.92 Å². The molecule has 1 atom stereocenters. The molecule has 1 amide bonds. The van der Waals surface area contributed by atoms with E-state index in [4.69, 9.17) is 0 Å². The van der Waals surface area contributed by atoms with Gasteiger partial charge in [-0.2, -0.15) is 0 Å². The highest BCUT2D eigenvalue weighted by Gasteiger charge is 2.51. The van der Waals surface area contributed by atoms with E-state index in [2.05, 4.69) is 20.8 Å². The summed E-state index contributed by atoms with van der Waals surface area (Å²) in [5.74, 6) is 2.75. The lowest BCUT2D eigenvalue weighted by molar-refractivity contribution is -0.126. The van der Waals surface area contributed by atoms with E-state index >= 15 is 0 Å². The minimum Gasteiger partial charge on any atom is -0.357 e. The number of nitrogens with one attached hydrogen (secondary N) is 2. The van der Waals surface area contributed by atoms with Gasteiger partial charge in [-0.05, 0) is 76.0 Å². The number of aromatic nitrogens is 2. The van der Waals surface area contributed by atoms with Crippen molar-refractivity contribution in [1.29, 1.82) is 0 Å². The van der Waals surface area contributed by atoms with E-state index in [0.29, 0.717) is 6.04 Å². The molecular formula is C18H26N4OS2. The maximum Gasteiger partial charge on any atom is 0.233 e. The third-order valence-corrected chi connectivity index (χ3v) is 8.42. The lowest BCUT2D eigenvalue weighted by atomic mass is 9.53. The summed E-state index contributed by atoms with van der Waals surface area (Å²) in [5, 5.41) is 16.0. The average Bonchev–Trinajstić information content (AvgIpc) is 3.24. The molecule has 1 aromatic rings. The van der Waals surface area contributed by atoms with Gasteiger partial charge in [0, 0.05) is 11.6 Å². The highest BCUT2D eigenvalue weighted by Crippen LogP contribution is 2.55. The summed E-state index contributed by atoms with van der Waals surface area (Å²) in [6.45, 7) is 2.00. The Labute approximate surface area is 157 Å². The Morgan fingerprint density at radius 2 is 1.80 bits per heavy atom. The number of hydrogen-bond acceptors (Lipinski definition) is 6. The molecule has 2 N–H and O–H groups in total. The summed E-state index contributed by atoms with van der Waals surface area (Å²) in [6.07, 6.45) is 10.3. The van der Waals surface area contributed by atoms with Crippen LogP contribution in [0.1, 0.15) is 58.3 Å². The van der Waals surface area contributed by atoms with Crippen molar-refractivity contribution in [3.63, 3.8) is 0 Å². The summed E-state index contributed by atoms with van der Waals surface area (Å²) in [6, 6.07) is 0.586. The van der Waals surface area contributed by atoms with Gasteiger partial charge in [-0.15, -0.1) is 10.2 Å². The first kappa shape index (κ1) is 16.4. The number of amides is 1. The van der Waals surface area contributed by atoms with E-state index < -0.39 is 0 Å². The van der Waals surface area contributed by atoms with Crippen LogP contribution in [0.15, 0.2) is 4.34 Å². The Kier molecular flexibility index (Phi) is 4.00. The predicted molar refractivity (Wildman–Crippen MR) is 101 cm³/mol.